The maximum absolute atomic E-state index is 13.1. The van der Waals surface area contributed by atoms with Crippen molar-refractivity contribution in [3.63, 3.8) is 0 Å². The van der Waals surface area contributed by atoms with Crippen molar-refractivity contribution in [3.05, 3.63) is 29.3 Å². The van der Waals surface area contributed by atoms with Gasteiger partial charge < -0.3 is 20.6 Å². The number of anilines is 1. The first-order valence-electron chi connectivity index (χ1n) is 6.20. The number of alkyl halides is 3. The van der Waals surface area contributed by atoms with Gasteiger partial charge in [0, 0.05) is 38.6 Å². The highest BCUT2D eigenvalue weighted by Crippen LogP contribution is 2.34. The second kappa shape index (κ2) is 7.16. The van der Waals surface area contributed by atoms with Crippen LogP contribution in [0.25, 0.3) is 0 Å². The van der Waals surface area contributed by atoms with Gasteiger partial charge in [0.1, 0.15) is 0 Å². The zero-order chi connectivity index (χ0) is 16.0. The summed E-state index contributed by atoms with van der Waals surface area (Å²) in [5.74, 6) is -0.573. The van der Waals surface area contributed by atoms with Crippen molar-refractivity contribution >= 4 is 11.5 Å². The zero-order valence-electron chi connectivity index (χ0n) is 11.8. The standard InChI is InChI=1S/C13H18F3N3O2/c1-19(6-3-7-21-2)9-4-5-10(12(17)18-20)11(8-9)13(14,15)16/h4-5,8,20H,3,6-7H2,1-2H3,(H2,17,18). The second-order valence-corrected chi connectivity index (χ2v) is 4.48. The van der Waals surface area contributed by atoms with Gasteiger partial charge >= 0.3 is 6.18 Å². The Kier molecular flexibility index (Phi) is 5.83. The average molecular weight is 305 g/mol. The molecule has 0 saturated heterocycles. The molecular formula is C13H18F3N3O2. The van der Waals surface area contributed by atoms with Crippen molar-refractivity contribution in [1.29, 1.82) is 0 Å². The SMILES string of the molecule is COCCCN(C)c1ccc(C(N)=NO)c(C(F)(F)F)c1. The largest absolute Gasteiger partial charge is 0.417 e. The highest BCUT2D eigenvalue weighted by molar-refractivity contribution is 5.99. The number of ether oxygens (including phenoxy) is 1. The van der Waals surface area contributed by atoms with Crippen LogP contribution in [-0.2, 0) is 10.9 Å². The third-order valence-electron chi connectivity index (χ3n) is 2.97. The van der Waals surface area contributed by atoms with Crippen molar-refractivity contribution < 1.29 is 23.1 Å². The highest BCUT2D eigenvalue weighted by Gasteiger charge is 2.35. The molecule has 1 aromatic rings. The number of halogens is 3. The number of oxime groups is 1. The van der Waals surface area contributed by atoms with Crippen molar-refractivity contribution in [2.45, 2.75) is 12.6 Å². The predicted molar refractivity (Wildman–Crippen MR) is 73.7 cm³/mol. The summed E-state index contributed by atoms with van der Waals surface area (Å²) in [4.78, 5) is 1.68. The number of rotatable bonds is 6. The minimum Gasteiger partial charge on any atom is -0.409 e. The van der Waals surface area contributed by atoms with E-state index < -0.39 is 17.6 Å². The summed E-state index contributed by atoms with van der Waals surface area (Å²) in [6, 6.07) is 3.68. The van der Waals surface area contributed by atoms with Crippen LogP contribution in [0, 0.1) is 0 Å². The molecule has 0 aromatic heterocycles. The van der Waals surface area contributed by atoms with Crippen LogP contribution < -0.4 is 10.6 Å². The van der Waals surface area contributed by atoms with E-state index in [2.05, 4.69) is 5.16 Å². The van der Waals surface area contributed by atoms with Gasteiger partial charge in [-0.3, -0.25) is 0 Å². The van der Waals surface area contributed by atoms with Gasteiger partial charge in [0.15, 0.2) is 5.84 Å². The van der Waals surface area contributed by atoms with Crippen LogP contribution >= 0.6 is 0 Å². The van der Waals surface area contributed by atoms with Crippen LogP contribution in [0.15, 0.2) is 23.4 Å². The Balaban J connectivity index is 3.10. The quantitative estimate of drug-likeness (QED) is 0.278. The van der Waals surface area contributed by atoms with E-state index in [1.54, 1.807) is 19.1 Å². The first-order valence-corrected chi connectivity index (χ1v) is 6.20. The molecule has 0 heterocycles. The molecule has 0 atom stereocenters. The van der Waals surface area contributed by atoms with Crippen LogP contribution in [0.3, 0.4) is 0 Å². The summed E-state index contributed by atoms with van der Waals surface area (Å²) in [5.41, 5.74) is 4.40. The molecule has 0 aliphatic heterocycles. The molecule has 5 nitrogen and oxygen atoms in total. The van der Waals surface area contributed by atoms with Crippen LogP contribution in [-0.4, -0.2) is 38.4 Å². The third kappa shape index (κ3) is 4.52. The summed E-state index contributed by atoms with van der Waals surface area (Å²) in [5, 5.41) is 11.2. The first kappa shape index (κ1) is 17.1. The van der Waals surface area contributed by atoms with Crippen LogP contribution in [0.1, 0.15) is 17.5 Å². The van der Waals surface area contributed by atoms with Gasteiger partial charge in [0.05, 0.1) is 5.56 Å². The molecule has 3 N–H and O–H groups in total. The number of nitrogens with two attached hydrogens (primary N) is 1. The summed E-state index contributed by atoms with van der Waals surface area (Å²) < 4.78 is 44.1. The molecule has 0 bridgehead atoms. The Morgan fingerprint density at radius 2 is 2.10 bits per heavy atom. The van der Waals surface area contributed by atoms with Gasteiger partial charge in [-0.2, -0.15) is 13.2 Å². The minimum atomic E-state index is -4.59. The van der Waals surface area contributed by atoms with Gasteiger partial charge in [-0.1, -0.05) is 5.16 Å². The number of nitrogens with zero attached hydrogens (tertiary/aromatic N) is 2. The molecule has 0 aliphatic rings. The van der Waals surface area contributed by atoms with Gasteiger partial charge in [-0.15, -0.1) is 0 Å². The lowest BCUT2D eigenvalue weighted by Gasteiger charge is -2.21. The molecule has 0 amide bonds. The molecule has 0 radical (unpaired) electrons. The van der Waals surface area contributed by atoms with Crippen molar-refractivity contribution in [2.75, 3.05) is 32.2 Å². The molecule has 0 aliphatic carbocycles. The Morgan fingerprint density at radius 1 is 1.43 bits per heavy atom. The first-order chi connectivity index (χ1) is 9.81. The van der Waals surface area contributed by atoms with E-state index in [0.717, 1.165) is 6.07 Å². The van der Waals surface area contributed by atoms with E-state index >= 15 is 0 Å². The molecule has 1 aromatic carbocycles. The maximum atomic E-state index is 13.1. The molecule has 0 spiro atoms. The fourth-order valence-corrected chi connectivity index (χ4v) is 1.86. The van der Waals surface area contributed by atoms with E-state index in [1.165, 1.54) is 12.1 Å². The highest BCUT2D eigenvalue weighted by atomic mass is 19.4. The van der Waals surface area contributed by atoms with Crippen molar-refractivity contribution in [1.82, 2.24) is 0 Å². The van der Waals surface area contributed by atoms with E-state index in [1.807, 2.05) is 0 Å². The molecule has 1 rings (SSSR count). The van der Waals surface area contributed by atoms with Crippen LogP contribution in [0.4, 0.5) is 18.9 Å². The zero-order valence-corrected chi connectivity index (χ0v) is 11.8. The lowest BCUT2D eigenvalue weighted by molar-refractivity contribution is -0.137. The Morgan fingerprint density at radius 3 is 2.62 bits per heavy atom. The lowest BCUT2D eigenvalue weighted by Crippen LogP contribution is -2.23. The molecule has 0 unspecified atom stereocenters. The van der Waals surface area contributed by atoms with Gasteiger partial charge in [0.2, 0.25) is 0 Å². The minimum absolute atomic E-state index is 0.348. The number of hydrogen-bond acceptors (Lipinski definition) is 4. The summed E-state index contributed by atoms with van der Waals surface area (Å²) >= 11 is 0. The van der Waals surface area contributed by atoms with Crippen LogP contribution in [0.5, 0.6) is 0 Å². The average Bonchev–Trinajstić information content (AvgIpc) is 2.45. The fourth-order valence-electron chi connectivity index (χ4n) is 1.86. The Hall–Kier alpha value is -1.96. The predicted octanol–water partition coefficient (Wildman–Crippen LogP) is 2.27. The van der Waals surface area contributed by atoms with Gasteiger partial charge in [0.25, 0.3) is 0 Å². The topological polar surface area (TPSA) is 71.1 Å². The van der Waals surface area contributed by atoms with Gasteiger partial charge in [-0.05, 0) is 24.6 Å². The summed E-state index contributed by atoms with van der Waals surface area (Å²) in [7, 11) is 3.25. The molecule has 21 heavy (non-hydrogen) atoms. The second-order valence-electron chi connectivity index (χ2n) is 4.48. The monoisotopic (exact) mass is 305 g/mol. The molecule has 0 fully saturated rings. The van der Waals surface area contributed by atoms with Crippen molar-refractivity contribution in [3.8, 4) is 0 Å². The number of methoxy groups -OCH3 is 1. The molecule has 118 valence electrons. The molecular weight excluding hydrogens is 287 g/mol. The molecule has 8 heteroatoms. The normalized spacial score (nSPS) is 12.5. The van der Waals surface area contributed by atoms with Crippen LogP contribution in [0.2, 0.25) is 0 Å². The Labute approximate surface area is 120 Å². The number of hydrogen-bond donors (Lipinski definition) is 2. The molecule has 0 saturated carbocycles. The fraction of sp³-hybridized carbons (Fsp3) is 0.462. The van der Waals surface area contributed by atoms with E-state index in [0.29, 0.717) is 25.3 Å². The summed E-state index contributed by atoms with van der Waals surface area (Å²) in [6.07, 6.45) is -3.90. The lowest BCUT2D eigenvalue weighted by atomic mass is 10.0. The Bertz CT molecular complexity index is 504. The number of benzene rings is 1. The smallest absolute Gasteiger partial charge is 0.409 e. The van der Waals surface area contributed by atoms with Crippen molar-refractivity contribution in [2.24, 2.45) is 10.9 Å². The maximum Gasteiger partial charge on any atom is 0.417 e. The number of amidine groups is 1. The van der Waals surface area contributed by atoms with Gasteiger partial charge in [-0.25, -0.2) is 0 Å². The van der Waals surface area contributed by atoms with E-state index in [4.69, 9.17) is 15.7 Å². The van der Waals surface area contributed by atoms with E-state index in [9.17, 15) is 13.2 Å². The third-order valence-corrected chi connectivity index (χ3v) is 2.97. The summed E-state index contributed by atoms with van der Waals surface area (Å²) in [6.45, 7) is 1.08. The van der Waals surface area contributed by atoms with E-state index in [-0.39, 0.29) is 5.56 Å².